The Bertz CT molecular complexity index is 459. The first kappa shape index (κ1) is 9.77. The number of ether oxygens (including phenoxy) is 2. The van der Waals surface area contributed by atoms with Crippen molar-refractivity contribution in [2.75, 3.05) is 6.61 Å². The second-order valence-electron chi connectivity index (χ2n) is 5.56. The fraction of sp³-hybridized carbons (Fsp3) is 0.571. The summed E-state index contributed by atoms with van der Waals surface area (Å²) in [5.41, 5.74) is 1.54. The lowest BCUT2D eigenvalue weighted by molar-refractivity contribution is -0.0112. The van der Waals surface area contributed by atoms with Gasteiger partial charge >= 0.3 is 0 Å². The van der Waals surface area contributed by atoms with Gasteiger partial charge in [-0.3, -0.25) is 0 Å². The normalized spacial score (nSPS) is 31.6. The molecule has 0 amide bonds. The maximum absolute atomic E-state index is 9.30. The summed E-state index contributed by atoms with van der Waals surface area (Å²) in [6.45, 7) is 0.815. The van der Waals surface area contributed by atoms with Crippen LogP contribution in [0.4, 0.5) is 0 Å². The number of hydrogen-bond acceptors (Lipinski definition) is 3. The van der Waals surface area contributed by atoms with Gasteiger partial charge in [-0.25, -0.2) is 0 Å². The van der Waals surface area contributed by atoms with Crippen molar-refractivity contribution in [3.05, 3.63) is 23.8 Å². The number of rotatable bonds is 2. The molecule has 3 heteroatoms. The Kier molecular flexibility index (Phi) is 1.82. The first-order valence-corrected chi connectivity index (χ1v) is 6.38. The Morgan fingerprint density at radius 3 is 2.82 bits per heavy atom. The summed E-state index contributed by atoms with van der Waals surface area (Å²) in [7, 11) is 0. The molecule has 3 aliphatic rings. The highest BCUT2D eigenvalue weighted by molar-refractivity contribution is 5.55. The molecule has 0 saturated heterocycles. The minimum Gasteiger partial charge on any atom is -0.492 e. The van der Waals surface area contributed by atoms with Crippen LogP contribution in [0.1, 0.15) is 31.2 Å². The molecule has 2 saturated carbocycles. The lowest BCUT2D eigenvalue weighted by atomic mass is 9.91. The van der Waals surface area contributed by atoms with E-state index in [0.717, 1.165) is 30.9 Å². The molecule has 1 aromatic carbocycles. The maximum Gasteiger partial charge on any atom is 0.127 e. The van der Waals surface area contributed by atoms with Crippen molar-refractivity contribution >= 4 is 0 Å². The predicted molar refractivity (Wildman–Crippen MR) is 62.5 cm³/mol. The van der Waals surface area contributed by atoms with Gasteiger partial charge in [-0.1, -0.05) is 6.07 Å². The van der Waals surface area contributed by atoms with E-state index in [1.165, 1.54) is 18.4 Å². The van der Waals surface area contributed by atoms with Crippen molar-refractivity contribution in [2.24, 2.45) is 0 Å². The lowest BCUT2D eigenvalue weighted by Crippen LogP contribution is -2.37. The SMILES string of the molecule is OC1CC(Oc2cccc3c2C2(CC2)CO3)C1. The average molecular weight is 232 g/mol. The van der Waals surface area contributed by atoms with Crippen LogP contribution in [0.15, 0.2) is 18.2 Å². The molecule has 3 nitrogen and oxygen atoms in total. The van der Waals surface area contributed by atoms with E-state index in [-0.39, 0.29) is 17.6 Å². The van der Waals surface area contributed by atoms with Gasteiger partial charge in [0.25, 0.3) is 0 Å². The van der Waals surface area contributed by atoms with Crippen LogP contribution in [0.3, 0.4) is 0 Å². The number of fused-ring (bicyclic) bond motifs is 2. The topological polar surface area (TPSA) is 38.7 Å². The largest absolute Gasteiger partial charge is 0.492 e. The highest BCUT2D eigenvalue weighted by Crippen LogP contribution is 2.58. The molecule has 0 bridgehead atoms. The van der Waals surface area contributed by atoms with Crippen molar-refractivity contribution in [3.63, 3.8) is 0 Å². The van der Waals surface area contributed by atoms with Crippen LogP contribution in [0.5, 0.6) is 11.5 Å². The molecule has 17 heavy (non-hydrogen) atoms. The van der Waals surface area contributed by atoms with Crippen LogP contribution in [0.2, 0.25) is 0 Å². The molecular formula is C14H16O3. The molecule has 2 fully saturated rings. The summed E-state index contributed by atoms with van der Waals surface area (Å²) in [6.07, 6.45) is 3.98. The van der Waals surface area contributed by atoms with E-state index in [9.17, 15) is 5.11 Å². The molecule has 0 unspecified atom stereocenters. The molecule has 1 heterocycles. The molecule has 2 aliphatic carbocycles. The molecule has 1 aliphatic heterocycles. The molecule has 1 aromatic rings. The van der Waals surface area contributed by atoms with Crippen molar-refractivity contribution < 1.29 is 14.6 Å². The second-order valence-corrected chi connectivity index (χ2v) is 5.56. The average Bonchev–Trinajstić information content (AvgIpc) is 2.95. The Balaban J connectivity index is 1.65. The van der Waals surface area contributed by atoms with Crippen LogP contribution >= 0.6 is 0 Å². The van der Waals surface area contributed by atoms with Crippen LogP contribution in [-0.2, 0) is 5.41 Å². The Morgan fingerprint density at radius 1 is 1.29 bits per heavy atom. The number of benzene rings is 1. The highest BCUT2D eigenvalue weighted by Gasteiger charge is 2.52. The van der Waals surface area contributed by atoms with Gasteiger partial charge in [0, 0.05) is 23.8 Å². The molecule has 0 atom stereocenters. The maximum atomic E-state index is 9.30. The highest BCUT2D eigenvalue weighted by atomic mass is 16.5. The van der Waals surface area contributed by atoms with E-state index >= 15 is 0 Å². The van der Waals surface area contributed by atoms with Crippen molar-refractivity contribution in [1.82, 2.24) is 0 Å². The zero-order chi connectivity index (χ0) is 11.5. The Labute approximate surface area is 100 Å². The summed E-state index contributed by atoms with van der Waals surface area (Å²) >= 11 is 0. The zero-order valence-corrected chi connectivity index (χ0v) is 9.69. The lowest BCUT2D eigenvalue weighted by Gasteiger charge is -2.32. The summed E-state index contributed by atoms with van der Waals surface area (Å²) in [5, 5.41) is 9.30. The van der Waals surface area contributed by atoms with Crippen LogP contribution < -0.4 is 9.47 Å². The monoisotopic (exact) mass is 232 g/mol. The van der Waals surface area contributed by atoms with E-state index < -0.39 is 0 Å². The molecule has 90 valence electrons. The first-order chi connectivity index (χ1) is 8.27. The molecule has 4 rings (SSSR count). The number of aliphatic hydroxyl groups excluding tert-OH is 1. The third kappa shape index (κ3) is 1.38. The van der Waals surface area contributed by atoms with Gasteiger partial charge in [0.15, 0.2) is 0 Å². The van der Waals surface area contributed by atoms with Crippen molar-refractivity contribution in [2.45, 2.75) is 43.3 Å². The minimum atomic E-state index is -0.164. The number of aliphatic hydroxyl groups is 1. The van der Waals surface area contributed by atoms with E-state index in [2.05, 4.69) is 0 Å². The zero-order valence-electron chi connectivity index (χ0n) is 9.69. The fourth-order valence-corrected chi connectivity index (χ4v) is 2.90. The Hall–Kier alpha value is -1.22. The standard InChI is InChI=1S/C14H16O3/c15-9-6-10(7-9)17-12-3-1-2-11-13(12)14(4-5-14)8-16-11/h1-3,9-10,15H,4-8H2. The molecule has 0 radical (unpaired) electrons. The summed E-state index contributed by atoms with van der Waals surface area (Å²) in [6, 6.07) is 6.06. The second kappa shape index (κ2) is 3.16. The van der Waals surface area contributed by atoms with Gasteiger partial charge in [0.2, 0.25) is 0 Å². The van der Waals surface area contributed by atoms with E-state index in [1.807, 2.05) is 18.2 Å². The van der Waals surface area contributed by atoms with E-state index in [4.69, 9.17) is 9.47 Å². The van der Waals surface area contributed by atoms with Gasteiger partial charge in [-0.2, -0.15) is 0 Å². The van der Waals surface area contributed by atoms with Gasteiger partial charge in [-0.05, 0) is 25.0 Å². The quantitative estimate of drug-likeness (QED) is 0.847. The van der Waals surface area contributed by atoms with Crippen LogP contribution in [0.25, 0.3) is 0 Å². The van der Waals surface area contributed by atoms with Gasteiger partial charge in [0.1, 0.15) is 17.6 Å². The smallest absolute Gasteiger partial charge is 0.127 e. The minimum absolute atomic E-state index is 0.164. The van der Waals surface area contributed by atoms with Gasteiger partial charge in [-0.15, -0.1) is 0 Å². The summed E-state index contributed by atoms with van der Waals surface area (Å²) in [5.74, 6) is 1.98. The van der Waals surface area contributed by atoms with E-state index in [1.54, 1.807) is 0 Å². The van der Waals surface area contributed by atoms with Gasteiger partial charge < -0.3 is 14.6 Å². The van der Waals surface area contributed by atoms with Crippen molar-refractivity contribution in [3.8, 4) is 11.5 Å². The predicted octanol–water partition coefficient (Wildman–Crippen LogP) is 2.01. The molecule has 1 N–H and O–H groups in total. The van der Waals surface area contributed by atoms with Crippen LogP contribution in [-0.4, -0.2) is 23.9 Å². The fourth-order valence-electron chi connectivity index (χ4n) is 2.90. The van der Waals surface area contributed by atoms with E-state index in [0.29, 0.717) is 0 Å². The third-order valence-electron chi connectivity index (χ3n) is 4.24. The van der Waals surface area contributed by atoms with Crippen molar-refractivity contribution in [1.29, 1.82) is 0 Å². The number of hydrogen-bond donors (Lipinski definition) is 1. The first-order valence-electron chi connectivity index (χ1n) is 6.38. The third-order valence-corrected chi connectivity index (χ3v) is 4.24. The molecular weight excluding hydrogens is 216 g/mol. The molecule has 0 aromatic heterocycles. The Morgan fingerprint density at radius 2 is 2.12 bits per heavy atom. The van der Waals surface area contributed by atoms with Gasteiger partial charge in [0.05, 0.1) is 12.7 Å². The van der Waals surface area contributed by atoms with Crippen LogP contribution in [0, 0.1) is 0 Å². The molecule has 1 spiro atoms. The summed E-state index contributed by atoms with van der Waals surface area (Å²) < 4.78 is 11.7. The summed E-state index contributed by atoms with van der Waals surface area (Å²) in [4.78, 5) is 0.